The summed E-state index contributed by atoms with van der Waals surface area (Å²) in [6.45, 7) is 0.443. The Morgan fingerprint density at radius 3 is 2.47 bits per heavy atom. The van der Waals surface area contributed by atoms with E-state index in [2.05, 4.69) is 16.8 Å². The second kappa shape index (κ2) is 6.99. The maximum absolute atomic E-state index is 5.88. The summed E-state index contributed by atoms with van der Waals surface area (Å²) in [5.41, 5.74) is 1.86. The fourth-order valence-corrected chi connectivity index (χ4v) is 1.88. The molecule has 0 amide bonds. The van der Waals surface area contributed by atoms with Gasteiger partial charge in [0.25, 0.3) is 0 Å². The van der Waals surface area contributed by atoms with Gasteiger partial charge in [-0.3, -0.25) is 4.99 Å². The molecule has 0 radical (unpaired) electrons. The SMILES string of the molecule is Clc1cccc(C#CC/N=C/c2cccc(Cl)c2)c1. The average Bonchev–Trinajstić information content (AvgIpc) is 2.38. The van der Waals surface area contributed by atoms with Crippen molar-refractivity contribution < 1.29 is 0 Å². The molecule has 2 rings (SSSR count). The van der Waals surface area contributed by atoms with Crippen LogP contribution in [0.3, 0.4) is 0 Å². The third-order valence-electron chi connectivity index (χ3n) is 2.32. The largest absolute Gasteiger partial charge is 0.280 e. The molecular formula is C16H11Cl2N. The molecule has 0 unspecified atom stereocenters. The minimum atomic E-state index is 0.443. The summed E-state index contributed by atoms with van der Waals surface area (Å²) in [6, 6.07) is 15.0. The van der Waals surface area contributed by atoms with E-state index in [4.69, 9.17) is 23.2 Å². The van der Waals surface area contributed by atoms with E-state index in [1.54, 1.807) is 6.21 Å². The van der Waals surface area contributed by atoms with Crippen molar-refractivity contribution in [1.82, 2.24) is 0 Å². The molecule has 0 saturated heterocycles. The van der Waals surface area contributed by atoms with E-state index in [1.165, 1.54) is 0 Å². The Morgan fingerprint density at radius 1 is 1.00 bits per heavy atom. The third-order valence-corrected chi connectivity index (χ3v) is 2.79. The summed E-state index contributed by atoms with van der Waals surface area (Å²) in [7, 11) is 0. The molecular weight excluding hydrogens is 277 g/mol. The molecule has 0 saturated carbocycles. The van der Waals surface area contributed by atoms with Gasteiger partial charge in [0, 0.05) is 21.8 Å². The number of hydrogen-bond acceptors (Lipinski definition) is 1. The summed E-state index contributed by atoms with van der Waals surface area (Å²) in [5.74, 6) is 5.98. The summed E-state index contributed by atoms with van der Waals surface area (Å²) >= 11 is 11.7. The minimum absolute atomic E-state index is 0.443. The number of aliphatic imine (C=N–C) groups is 1. The van der Waals surface area contributed by atoms with Gasteiger partial charge in [-0.1, -0.05) is 53.2 Å². The fraction of sp³-hybridized carbons (Fsp3) is 0.0625. The second-order valence-corrected chi connectivity index (χ2v) is 4.71. The first-order valence-electron chi connectivity index (χ1n) is 5.74. The van der Waals surface area contributed by atoms with Crippen LogP contribution in [0.25, 0.3) is 0 Å². The number of rotatable bonds is 2. The van der Waals surface area contributed by atoms with Crippen LogP contribution in [-0.2, 0) is 0 Å². The van der Waals surface area contributed by atoms with E-state index in [0.29, 0.717) is 16.6 Å². The van der Waals surface area contributed by atoms with Crippen LogP contribution in [0.2, 0.25) is 10.0 Å². The lowest BCUT2D eigenvalue weighted by molar-refractivity contribution is 1.30. The maximum atomic E-state index is 5.88. The normalized spacial score (nSPS) is 10.2. The lowest BCUT2D eigenvalue weighted by Gasteiger charge is -1.92. The highest BCUT2D eigenvalue weighted by Gasteiger charge is 1.89. The van der Waals surface area contributed by atoms with Crippen LogP contribution in [0.5, 0.6) is 0 Å². The summed E-state index contributed by atoms with van der Waals surface area (Å²) in [6.07, 6.45) is 1.76. The average molecular weight is 288 g/mol. The fourth-order valence-electron chi connectivity index (χ4n) is 1.49. The van der Waals surface area contributed by atoms with Gasteiger partial charge < -0.3 is 0 Å². The molecule has 0 aromatic heterocycles. The second-order valence-electron chi connectivity index (χ2n) is 3.84. The Morgan fingerprint density at radius 2 is 1.74 bits per heavy atom. The summed E-state index contributed by atoms with van der Waals surface area (Å²) < 4.78 is 0. The molecule has 0 spiro atoms. The highest BCUT2D eigenvalue weighted by molar-refractivity contribution is 6.31. The molecule has 0 N–H and O–H groups in total. The van der Waals surface area contributed by atoms with Crippen LogP contribution in [0.4, 0.5) is 0 Å². The molecule has 0 heterocycles. The molecule has 2 aromatic rings. The minimum Gasteiger partial charge on any atom is -0.280 e. The zero-order valence-corrected chi connectivity index (χ0v) is 11.6. The monoisotopic (exact) mass is 287 g/mol. The molecule has 94 valence electrons. The smallest absolute Gasteiger partial charge is 0.100 e. The predicted molar refractivity (Wildman–Crippen MR) is 82.2 cm³/mol. The summed E-state index contributed by atoms with van der Waals surface area (Å²) in [5, 5.41) is 1.39. The Hall–Kier alpha value is -1.75. The molecule has 3 heteroatoms. The molecule has 0 aliphatic rings. The molecule has 0 aliphatic carbocycles. The van der Waals surface area contributed by atoms with E-state index in [-0.39, 0.29) is 0 Å². The lowest BCUT2D eigenvalue weighted by atomic mass is 10.2. The van der Waals surface area contributed by atoms with Gasteiger partial charge in [-0.05, 0) is 35.9 Å². The lowest BCUT2D eigenvalue weighted by Crippen LogP contribution is -1.82. The van der Waals surface area contributed by atoms with Gasteiger partial charge in [0.15, 0.2) is 0 Å². The van der Waals surface area contributed by atoms with Crippen LogP contribution in [0.1, 0.15) is 11.1 Å². The predicted octanol–water partition coefficient (Wildman–Crippen LogP) is 4.46. The van der Waals surface area contributed by atoms with Gasteiger partial charge in [0.05, 0.1) is 0 Å². The molecule has 0 fully saturated rings. The van der Waals surface area contributed by atoms with Crippen LogP contribution in [0, 0.1) is 11.8 Å². The van der Waals surface area contributed by atoms with E-state index in [9.17, 15) is 0 Å². The first-order chi connectivity index (χ1) is 9.24. The van der Waals surface area contributed by atoms with Crippen molar-refractivity contribution in [2.45, 2.75) is 0 Å². The number of halogens is 2. The standard InChI is InChI=1S/C16H11Cl2N/c17-15-7-1-4-13(10-15)6-3-9-19-12-14-5-2-8-16(18)11-14/h1-2,4-5,7-8,10-12H,9H2/b19-12+. The Balaban J connectivity index is 1.94. The summed E-state index contributed by atoms with van der Waals surface area (Å²) in [4.78, 5) is 4.23. The van der Waals surface area contributed by atoms with Gasteiger partial charge in [-0.25, -0.2) is 0 Å². The molecule has 0 bridgehead atoms. The molecule has 2 aromatic carbocycles. The first kappa shape index (κ1) is 13.7. The number of benzene rings is 2. The highest BCUT2D eigenvalue weighted by atomic mass is 35.5. The van der Waals surface area contributed by atoms with E-state index in [0.717, 1.165) is 11.1 Å². The quantitative estimate of drug-likeness (QED) is 0.571. The van der Waals surface area contributed by atoms with Crippen molar-refractivity contribution in [2.24, 2.45) is 4.99 Å². The topological polar surface area (TPSA) is 12.4 Å². The van der Waals surface area contributed by atoms with Crippen molar-refractivity contribution in [3.05, 3.63) is 69.7 Å². The molecule has 0 atom stereocenters. The highest BCUT2D eigenvalue weighted by Crippen LogP contribution is 2.09. The van der Waals surface area contributed by atoms with E-state index in [1.807, 2.05) is 48.5 Å². The third kappa shape index (κ3) is 4.79. The van der Waals surface area contributed by atoms with Crippen molar-refractivity contribution in [3.8, 4) is 11.8 Å². The van der Waals surface area contributed by atoms with Crippen LogP contribution >= 0.6 is 23.2 Å². The van der Waals surface area contributed by atoms with Crippen molar-refractivity contribution in [2.75, 3.05) is 6.54 Å². The van der Waals surface area contributed by atoms with Crippen molar-refractivity contribution in [3.63, 3.8) is 0 Å². The Labute approximate surface area is 122 Å². The zero-order chi connectivity index (χ0) is 13.5. The maximum Gasteiger partial charge on any atom is 0.100 e. The number of nitrogens with zero attached hydrogens (tertiary/aromatic N) is 1. The number of hydrogen-bond donors (Lipinski definition) is 0. The van der Waals surface area contributed by atoms with Gasteiger partial charge in [-0.15, -0.1) is 0 Å². The molecule has 19 heavy (non-hydrogen) atoms. The van der Waals surface area contributed by atoms with E-state index < -0.39 is 0 Å². The van der Waals surface area contributed by atoms with E-state index >= 15 is 0 Å². The van der Waals surface area contributed by atoms with Crippen LogP contribution in [-0.4, -0.2) is 12.8 Å². The Bertz CT molecular complexity index is 651. The van der Waals surface area contributed by atoms with Crippen LogP contribution < -0.4 is 0 Å². The van der Waals surface area contributed by atoms with Crippen molar-refractivity contribution >= 4 is 29.4 Å². The van der Waals surface area contributed by atoms with Gasteiger partial charge in [-0.2, -0.15) is 0 Å². The Kier molecular flexibility index (Phi) is 5.03. The zero-order valence-electron chi connectivity index (χ0n) is 10.1. The van der Waals surface area contributed by atoms with Crippen molar-refractivity contribution in [1.29, 1.82) is 0 Å². The molecule has 1 nitrogen and oxygen atoms in total. The van der Waals surface area contributed by atoms with Crippen LogP contribution in [0.15, 0.2) is 53.5 Å². The van der Waals surface area contributed by atoms with Gasteiger partial charge in [0.2, 0.25) is 0 Å². The van der Waals surface area contributed by atoms with Gasteiger partial charge >= 0.3 is 0 Å². The first-order valence-corrected chi connectivity index (χ1v) is 6.49. The van der Waals surface area contributed by atoms with Gasteiger partial charge in [0.1, 0.15) is 6.54 Å². The molecule has 0 aliphatic heterocycles.